The van der Waals surface area contributed by atoms with E-state index in [-0.39, 0.29) is 16.8 Å². The van der Waals surface area contributed by atoms with Crippen LogP contribution in [-0.4, -0.2) is 21.0 Å². The number of nitrogens with zero attached hydrogens (tertiary/aromatic N) is 3. The smallest absolute Gasteiger partial charge is 0.265 e. The number of aliphatic hydroxyl groups is 1. The third-order valence-electron chi connectivity index (χ3n) is 3.20. The fourth-order valence-electron chi connectivity index (χ4n) is 2.28. The molecule has 0 aliphatic carbocycles. The van der Waals surface area contributed by atoms with E-state index in [4.69, 9.17) is 0 Å². The maximum atomic E-state index is 12.0. The summed E-state index contributed by atoms with van der Waals surface area (Å²) in [6.07, 6.45) is 3.03. The number of pyridine rings is 2. The van der Waals surface area contributed by atoms with Gasteiger partial charge in [-0.25, -0.2) is 0 Å². The average Bonchev–Trinajstić information content (AvgIpc) is 2.80. The monoisotopic (exact) mass is 278 g/mol. The van der Waals surface area contributed by atoms with Crippen LogP contribution in [0.4, 0.5) is 0 Å². The van der Waals surface area contributed by atoms with Crippen molar-refractivity contribution in [1.82, 2.24) is 15.3 Å². The number of carbonyl (C=O) groups is 1. The Hall–Kier alpha value is -3.04. The lowest BCUT2D eigenvalue weighted by atomic mass is 9.95. The zero-order valence-corrected chi connectivity index (χ0v) is 10.8. The van der Waals surface area contributed by atoms with Crippen LogP contribution in [0.3, 0.4) is 0 Å². The molecule has 21 heavy (non-hydrogen) atoms. The van der Waals surface area contributed by atoms with Crippen LogP contribution in [0.15, 0.2) is 54.4 Å². The zero-order valence-electron chi connectivity index (χ0n) is 10.8. The van der Waals surface area contributed by atoms with Crippen molar-refractivity contribution in [2.75, 3.05) is 0 Å². The summed E-state index contributed by atoms with van der Waals surface area (Å²) >= 11 is 0. The molecule has 0 saturated heterocycles. The van der Waals surface area contributed by atoms with Crippen molar-refractivity contribution in [1.29, 1.82) is 5.26 Å². The molecular formula is C15H10N4O2. The van der Waals surface area contributed by atoms with E-state index in [1.807, 2.05) is 6.07 Å². The molecule has 0 aromatic carbocycles. The van der Waals surface area contributed by atoms with Crippen molar-refractivity contribution >= 4 is 11.5 Å². The summed E-state index contributed by atoms with van der Waals surface area (Å²) in [5.41, 5.74) is -1.33. The molecule has 3 heterocycles. The van der Waals surface area contributed by atoms with Crippen molar-refractivity contribution < 1.29 is 9.90 Å². The largest absolute Gasteiger partial charge is 0.362 e. The summed E-state index contributed by atoms with van der Waals surface area (Å²) in [6, 6.07) is 11.8. The quantitative estimate of drug-likeness (QED) is 0.843. The Labute approximate surface area is 120 Å². The van der Waals surface area contributed by atoms with Gasteiger partial charge in [0.2, 0.25) is 5.72 Å². The van der Waals surface area contributed by atoms with Gasteiger partial charge in [-0.15, -0.1) is 0 Å². The Morgan fingerprint density at radius 2 is 1.86 bits per heavy atom. The van der Waals surface area contributed by atoms with Gasteiger partial charge in [0.25, 0.3) is 5.91 Å². The van der Waals surface area contributed by atoms with Gasteiger partial charge in [0, 0.05) is 12.4 Å². The number of rotatable bonds is 2. The van der Waals surface area contributed by atoms with Crippen LogP contribution < -0.4 is 5.32 Å². The number of aromatic nitrogens is 2. The summed E-state index contributed by atoms with van der Waals surface area (Å²) in [5.74, 6) is -0.647. The average molecular weight is 278 g/mol. The number of carbonyl (C=O) groups excluding carboxylic acids is 1. The van der Waals surface area contributed by atoms with Gasteiger partial charge in [0.05, 0.1) is 17.0 Å². The van der Waals surface area contributed by atoms with E-state index in [9.17, 15) is 15.2 Å². The second-order valence-corrected chi connectivity index (χ2v) is 4.46. The molecule has 3 rings (SSSR count). The van der Waals surface area contributed by atoms with Gasteiger partial charge >= 0.3 is 0 Å². The second kappa shape index (κ2) is 4.81. The van der Waals surface area contributed by atoms with Crippen molar-refractivity contribution in [2.45, 2.75) is 5.72 Å². The molecule has 1 aliphatic heterocycles. The molecule has 102 valence electrons. The molecular weight excluding hydrogens is 268 g/mol. The predicted molar refractivity (Wildman–Crippen MR) is 73.0 cm³/mol. The van der Waals surface area contributed by atoms with Gasteiger partial charge in [-0.3, -0.25) is 14.8 Å². The molecule has 6 nitrogen and oxygen atoms in total. The SMILES string of the molecule is N#CC1=C(c2ccccn2)C(O)(c2ccccn2)NC1=O. The van der Waals surface area contributed by atoms with E-state index < -0.39 is 11.6 Å². The second-order valence-electron chi connectivity index (χ2n) is 4.46. The minimum Gasteiger partial charge on any atom is -0.362 e. The van der Waals surface area contributed by atoms with Gasteiger partial charge in [0.1, 0.15) is 11.6 Å². The lowest BCUT2D eigenvalue weighted by Crippen LogP contribution is -2.42. The summed E-state index contributed by atoms with van der Waals surface area (Å²) in [7, 11) is 0. The minimum atomic E-state index is -1.86. The van der Waals surface area contributed by atoms with Gasteiger partial charge in [0.15, 0.2) is 0 Å². The lowest BCUT2D eigenvalue weighted by Gasteiger charge is -2.25. The van der Waals surface area contributed by atoms with Crippen molar-refractivity contribution in [3.05, 3.63) is 65.8 Å². The van der Waals surface area contributed by atoms with E-state index in [1.54, 1.807) is 36.4 Å². The summed E-state index contributed by atoms with van der Waals surface area (Å²) in [5, 5.41) is 22.5. The maximum Gasteiger partial charge on any atom is 0.265 e. The molecule has 1 unspecified atom stereocenters. The highest BCUT2D eigenvalue weighted by atomic mass is 16.3. The van der Waals surface area contributed by atoms with Crippen molar-refractivity contribution in [3.8, 4) is 6.07 Å². The first-order chi connectivity index (χ1) is 10.2. The molecule has 0 spiro atoms. The summed E-state index contributed by atoms with van der Waals surface area (Å²) in [6.45, 7) is 0. The molecule has 1 atom stereocenters. The van der Waals surface area contributed by atoms with E-state index in [0.29, 0.717) is 5.69 Å². The van der Waals surface area contributed by atoms with E-state index in [1.165, 1.54) is 12.4 Å². The Morgan fingerprint density at radius 3 is 2.43 bits per heavy atom. The van der Waals surface area contributed by atoms with Crippen LogP contribution in [0.1, 0.15) is 11.4 Å². The number of hydrogen-bond acceptors (Lipinski definition) is 5. The van der Waals surface area contributed by atoms with Crippen molar-refractivity contribution in [3.63, 3.8) is 0 Å². The van der Waals surface area contributed by atoms with Crippen molar-refractivity contribution in [2.24, 2.45) is 0 Å². The third kappa shape index (κ3) is 1.96. The highest BCUT2D eigenvalue weighted by Gasteiger charge is 2.47. The summed E-state index contributed by atoms with van der Waals surface area (Å²) < 4.78 is 0. The molecule has 2 aromatic rings. The standard InChI is InChI=1S/C15H10N4O2/c16-9-10-13(11-5-1-3-7-17-11)15(21,19-14(10)20)12-6-2-4-8-18-12/h1-8,21H,(H,19,20). The van der Waals surface area contributed by atoms with E-state index in [2.05, 4.69) is 15.3 Å². The highest BCUT2D eigenvalue weighted by Crippen LogP contribution is 2.38. The van der Waals surface area contributed by atoms with Crippen LogP contribution in [-0.2, 0) is 10.5 Å². The molecule has 6 heteroatoms. The molecule has 1 amide bonds. The number of nitrogens with one attached hydrogen (secondary N) is 1. The Morgan fingerprint density at radius 1 is 1.14 bits per heavy atom. The minimum absolute atomic E-state index is 0.120. The van der Waals surface area contributed by atoms with Gasteiger partial charge in [-0.2, -0.15) is 5.26 Å². The fourth-order valence-corrected chi connectivity index (χ4v) is 2.28. The molecule has 2 aromatic heterocycles. The first-order valence-corrected chi connectivity index (χ1v) is 6.19. The number of hydrogen-bond donors (Lipinski definition) is 2. The van der Waals surface area contributed by atoms with E-state index >= 15 is 0 Å². The first-order valence-electron chi connectivity index (χ1n) is 6.19. The topological polar surface area (TPSA) is 98.9 Å². The summed E-state index contributed by atoms with van der Waals surface area (Å²) in [4.78, 5) is 20.2. The number of amides is 1. The highest BCUT2D eigenvalue weighted by molar-refractivity contribution is 6.11. The maximum absolute atomic E-state index is 12.0. The zero-order chi connectivity index (χ0) is 14.9. The Balaban J connectivity index is 2.26. The van der Waals surface area contributed by atoms with Crippen LogP contribution in [0.2, 0.25) is 0 Å². The fraction of sp³-hybridized carbons (Fsp3) is 0.0667. The molecule has 0 fully saturated rings. The predicted octanol–water partition coefficient (Wildman–Crippen LogP) is 0.729. The molecule has 2 N–H and O–H groups in total. The molecule has 0 saturated carbocycles. The van der Waals surface area contributed by atoms with E-state index in [0.717, 1.165) is 0 Å². The van der Waals surface area contributed by atoms with Crippen LogP contribution in [0, 0.1) is 11.3 Å². The first kappa shape index (κ1) is 13.0. The molecule has 0 bridgehead atoms. The van der Waals surface area contributed by atoms with Crippen LogP contribution >= 0.6 is 0 Å². The lowest BCUT2D eigenvalue weighted by molar-refractivity contribution is -0.120. The van der Waals surface area contributed by atoms with Gasteiger partial charge in [-0.1, -0.05) is 12.1 Å². The Bertz CT molecular complexity index is 765. The molecule has 1 aliphatic rings. The number of nitriles is 1. The Kier molecular flexibility index (Phi) is 2.97. The van der Waals surface area contributed by atoms with Crippen LogP contribution in [0.25, 0.3) is 5.57 Å². The van der Waals surface area contributed by atoms with Gasteiger partial charge < -0.3 is 10.4 Å². The normalized spacial score (nSPS) is 21.0. The molecule has 0 radical (unpaired) electrons. The van der Waals surface area contributed by atoms with Crippen LogP contribution in [0.5, 0.6) is 0 Å². The van der Waals surface area contributed by atoms with Gasteiger partial charge in [-0.05, 0) is 24.3 Å². The third-order valence-corrected chi connectivity index (χ3v) is 3.20.